The van der Waals surface area contributed by atoms with Gasteiger partial charge in [0.05, 0.1) is 43.0 Å². The molecular formula is C25H28N4O6S. The maximum absolute atomic E-state index is 13.8. The van der Waals surface area contributed by atoms with Gasteiger partial charge >= 0.3 is 0 Å². The molecule has 0 unspecified atom stereocenters. The molecule has 2 aliphatic rings. The van der Waals surface area contributed by atoms with Crippen molar-refractivity contribution < 1.29 is 23.7 Å². The zero-order valence-electron chi connectivity index (χ0n) is 20.0. The predicted octanol–water partition coefficient (Wildman–Crippen LogP) is 1.86. The van der Waals surface area contributed by atoms with E-state index in [2.05, 4.69) is 10.2 Å². The van der Waals surface area contributed by atoms with Crippen molar-refractivity contribution in [1.82, 2.24) is 14.9 Å². The van der Waals surface area contributed by atoms with Crippen molar-refractivity contribution in [2.75, 3.05) is 64.0 Å². The third kappa shape index (κ3) is 5.43. The molecule has 5 rings (SSSR count). The number of fused-ring (bicyclic) bond motifs is 2. The van der Waals surface area contributed by atoms with Gasteiger partial charge in [-0.05, 0) is 35.9 Å². The van der Waals surface area contributed by atoms with Crippen LogP contribution in [0.15, 0.2) is 46.3 Å². The molecule has 2 aliphatic heterocycles. The van der Waals surface area contributed by atoms with E-state index in [1.54, 1.807) is 11.7 Å². The molecule has 3 aromatic rings. The Kier molecular flexibility index (Phi) is 7.59. The Morgan fingerprint density at radius 1 is 1.14 bits per heavy atom. The summed E-state index contributed by atoms with van der Waals surface area (Å²) in [6.07, 6.45) is 0. The van der Waals surface area contributed by atoms with Crippen LogP contribution in [0.1, 0.15) is 5.56 Å². The van der Waals surface area contributed by atoms with E-state index in [4.69, 9.17) is 23.9 Å². The number of anilines is 1. The minimum atomic E-state index is -0.157. The van der Waals surface area contributed by atoms with Gasteiger partial charge in [0.15, 0.2) is 16.7 Å². The fourth-order valence-corrected chi connectivity index (χ4v) is 4.98. The molecule has 0 bridgehead atoms. The zero-order valence-corrected chi connectivity index (χ0v) is 20.8. The average molecular weight is 513 g/mol. The van der Waals surface area contributed by atoms with Crippen molar-refractivity contribution in [2.45, 2.75) is 11.7 Å². The first-order chi connectivity index (χ1) is 17.6. The number of hydrogen-bond donors (Lipinski definition) is 1. The van der Waals surface area contributed by atoms with Gasteiger partial charge in [0.1, 0.15) is 0 Å². The molecule has 3 heterocycles. The minimum Gasteiger partial charge on any atom is -0.454 e. The lowest BCUT2D eigenvalue weighted by Crippen LogP contribution is -2.36. The van der Waals surface area contributed by atoms with Crippen molar-refractivity contribution in [2.24, 2.45) is 0 Å². The molecule has 0 atom stereocenters. The molecule has 1 N–H and O–H groups in total. The van der Waals surface area contributed by atoms with Gasteiger partial charge in [-0.2, -0.15) is 0 Å². The summed E-state index contributed by atoms with van der Waals surface area (Å²) in [5.74, 6) is 1.31. The molecule has 1 amide bonds. The topological polar surface area (TPSA) is 104 Å². The lowest BCUT2D eigenvalue weighted by Gasteiger charge is -2.29. The predicted molar refractivity (Wildman–Crippen MR) is 136 cm³/mol. The smallest absolute Gasteiger partial charge is 0.262 e. The number of benzene rings is 2. The summed E-state index contributed by atoms with van der Waals surface area (Å²) in [6, 6.07) is 11.4. The number of carbonyl (C=O) groups excluding carboxylic acids is 1. The monoisotopic (exact) mass is 512 g/mol. The first kappa shape index (κ1) is 24.4. The average Bonchev–Trinajstić information content (AvgIpc) is 3.38. The summed E-state index contributed by atoms with van der Waals surface area (Å²) < 4.78 is 23.0. The second kappa shape index (κ2) is 11.2. The van der Waals surface area contributed by atoms with Crippen LogP contribution in [-0.2, 0) is 20.8 Å². The SMILES string of the molecule is COCCNC(=O)CSc1nc2ccc(N3CCOCC3)cc2c(=O)n1Cc1ccc2c(c1)OCO2. The molecule has 190 valence electrons. The number of nitrogens with zero attached hydrogens (tertiary/aromatic N) is 3. The van der Waals surface area contributed by atoms with E-state index < -0.39 is 0 Å². The maximum Gasteiger partial charge on any atom is 0.262 e. The molecule has 11 heteroatoms. The van der Waals surface area contributed by atoms with Crippen molar-refractivity contribution in [1.29, 1.82) is 0 Å². The van der Waals surface area contributed by atoms with Crippen molar-refractivity contribution in [3.63, 3.8) is 0 Å². The van der Waals surface area contributed by atoms with Crippen LogP contribution in [0.5, 0.6) is 11.5 Å². The highest BCUT2D eigenvalue weighted by molar-refractivity contribution is 7.99. The van der Waals surface area contributed by atoms with Crippen molar-refractivity contribution in [3.8, 4) is 11.5 Å². The molecule has 0 saturated carbocycles. The molecule has 0 aliphatic carbocycles. The number of aromatic nitrogens is 2. The normalized spacial score (nSPS) is 14.9. The van der Waals surface area contributed by atoms with E-state index in [0.29, 0.717) is 53.9 Å². The minimum absolute atomic E-state index is 0.134. The standard InChI is InChI=1S/C25H28N4O6S/c1-32-9-6-26-23(30)15-36-25-27-20-4-3-18(28-7-10-33-11-8-28)13-19(20)24(31)29(25)14-17-2-5-21-22(12-17)35-16-34-21/h2-5,12-13H,6-11,14-16H2,1H3,(H,26,30). The first-order valence-electron chi connectivity index (χ1n) is 11.8. The van der Waals surface area contributed by atoms with Crippen molar-refractivity contribution >= 4 is 34.3 Å². The van der Waals surface area contributed by atoms with Crippen LogP contribution in [0.3, 0.4) is 0 Å². The number of ether oxygens (including phenoxy) is 4. The number of methoxy groups -OCH3 is 1. The number of hydrogen-bond acceptors (Lipinski definition) is 9. The summed E-state index contributed by atoms with van der Waals surface area (Å²) in [7, 11) is 1.58. The molecule has 1 fully saturated rings. The fourth-order valence-electron chi connectivity index (χ4n) is 4.15. The number of rotatable bonds is 9. The third-order valence-electron chi connectivity index (χ3n) is 6.02. The maximum atomic E-state index is 13.8. The number of morpholine rings is 1. The van der Waals surface area contributed by atoms with E-state index in [1.165, 1.54) is 11.8 Å². The lowest BCUT2D eigenvalue weighted by molar-refractivity contribution is -0.118. The molecule has 2 aromatic carbocycles. The highest BCUT2D eigenvalue weighted by Gasteiger charge is 2.19. The van der Waals surface area contributed by atoms with Gasteiger partial charge in [-0.25, -0.2) is 4.98 Å². The number of amides is 1. The number of thioether (sulfide) groups is 1. The summed E-state index contributed by atoms with van der Waals surface area (Å²) in [5, 5.41) is 3.81. The summed E-state index contributed by atoms with van der Waals surface area (Å²) in [6.45, 7) is 4.19. The van der Waals surface area contributed by atoms with Gasteiger partial charge in [0, 0.05) is 32.4 Å². The van der Waals surface area contributed by atoms with Gasteiger partial charge in [-0.1, -0.05) is 17.8 Å². The van der Waals surface area contributed by atoms with Crippen LogP contribution in [-0.4, -0.2) is 74.6 Å². The van der Waals surface area contributed by atoms with Crippen LogP contribution in [0.25, 0.3) is 10.9 Å². The Morgan fingerprint density at radius 3 is 2.81 bits per heavy atom. The Morgan fingerprint density at radius 2 is 1.97 bits per heavy atom. The second-order valence-electron chi connectivity index (χ2n) is 8.41. The highest BCUT2D eigenvalue weighted by atomic mass is 32.2. The van der Waals surface area contributed by atoms with Crippen LogP contribution in [0, 0.1) is 0 Å². The molecule has 10 nitrogen and oxygen atoms in total. The molecule has 36 heavy (non-hydrogen) atoms. The van der Waals surface area contributed by atoms with E-state index in [9.17, 15) is 9.59 Å². The zero-order chi connectivity index (χ0) is 24.9. The molecule has 1 saturated heterocycles. The molecule has 1 aromatic heterocycles. The quantitative estimate of drug-likeness (QED) is 0.261. The van der Waals surface area contributed by atoms with E-state index >= 15 is 0 Å². The summed E-state index contributed by atoms with van der Waals surface area (Å²) in [5.41, 5.74) is 2.28. The fraction of sp³-hybridized carbons (Fsp3) is 0.400. The van der Waals surface area contributed by atoms with Gasteiger partial charge in [0.2, 0.25) is 12.7 Å². The molecule has 0 spiro atoms. The summed E-state index contributed by atoms with van der Waals surface area (Å²) >= 11 is 1.24. The van der Waals surface area contributed by atoms with Crippen LogP contribution in [0.2, 0.25) is 0 Å². The Labute approximate surface area is 212 Å². The second-order valence-corrected chi connectivity index (χ2v) is 9.35. The van der Waals surface area contributed by atoms with Crippen molar-refractivity contribution in [3.05, 3.63) is 52.3 Å². The largest absolute Gasteiger partial charge is 0.454 e. The van der Waals surface area contributed by atoms with Gasteiger partial charge in [-0.15, -0.1) is 0 Å². The number of carbonyl (C=O) groups is 1. The van der Waals surface area contributed by atoms with E-state index in [-0.39, 0.29) is 30.6 Å². The van der Waals surface area contributed by atoms with E-state index in [1.807, 2.05) is 36.4 Å². The first-order valence-corrected chi connectivity index (χ1v) is 12.7. The Hall–Kier alpha value is -3.28. The Bertz CT molecular complexity index is 1310. The Balaban J connectivity index is 1.48. The third-order valence-corrected chi connectivity index (χ3v) is 6.99. The van der Waals surface area contributed by atoms with Crippen LogP contribution in [0.4, 0.5) is 5.69 Å². The van der Waals surface area contributed by atoms with E-state index in [0.717, 1.165) is 24.3 Å². The molecular weight excluding hydrogens is 484 g/mol. The van der Waals surface area contributed by atoms with Gasteiger partial charge in [-0.3, -0.25) is 14.2 Å². The van der Waals surface area contributed by atoms with Gasteiger partial charge < -0.3 is 29.2 Å². The van der Waals surface area contributed by atoms with Gasteiger partial charge in [0.25, 0.3) is 5.56 Å². The number of nitrogens with one attached hydrogen (secondary N) is 1. The molecule has 0 radical (unpaired) electrons. The summed E-state index contributed by atoms with van der Waals surface area (Å²) in [4.78, 5) is 33.1. The highest BCUT2D eigenvalue weighted by Crippen LogP contribution is 2.33. The van der Waals surface area contributed by atoms with Crippen LogP contribution < -0.4 is 25.2 Å². The van der Waals surface area contributed by atoms with Crippen LogP contribution >= 0.6 is 11.8 Å². The lowest BCUT2D eigenvalue weighted by atomic mass is 10.1.